The Labute approximate surface area is 111 Å². The fourth-order valence-electron chi connectivity index (χ4n) is 2.06. The van der Waals surface area contributed by atoms with Gasteiger partial charge in [0, 0.05) is 11.6 Å². The van der Waals surface area contributed by atoms with Gasteiger partial charge < -0.3 is 5.73 Å². The van der Waals surface area contributed by atoms with Crippen molar-refractivity contribution in [3.8, 4) is 0 Å². The summed E-state index contributed by atoms with van der Waals surface area (Å²) in [6.07, 6.45) is 3.51. The molecule has 5 nitrogen and oxygen atoms in total. The van der Waals surface area contributed by atoms with Crippen molar-refractivity contribution in [3.63, 3.8) is 0 Å². The van der Waals surface area contributed by atoms with Gasteiger partial charge in [0.2, 0.25) is 0 Å². The SMILES string of the molecule is CC(N)c1ncn(Cc2cccc3cccnc23)n1. The molecular formula is C14H15N5. The van der Waals surface area contributed by atoms with Crippen LogP contribution in [0.4, 0.5) is 0 Å². The molecule has 1 aromatic carbocycles. The molecule has 19 heavy (non-hydrogen) atoms. The zero-order chi connectivity index (χ0) is 13.2. The molecule has 0 aliphatic carbocycles. The third kappa shape index (κ3) is 2.32. The fraction of sp³-hybridized carbons (Fsp3) is 0.214. The summed E-state index contributed by atoms with van der Waals surface area (Å²) in [6, 6.07) is 9.99. The van der Waals surface area contributed by atoms with E-state index in [1.807, 2.05) is 19.1 Å². The first-order chi connectivity index (χ1) is 9.24. The van der Waals surface area contributed by atoms with Gasteiger partial charge in [-0.1, -0.05) is 24.3 Å². The lowest BCUT2D eigenvalue weighted by molar-refractivity contribution is 0.651. The zero-order valence-corrected chi connectivity index (χ0v) is 10.7. The predicted octanol–water partition coefficient (Wildman–Crippen LogP) is 1.89. The predicted molar refractivity (Wildman–Crippen MR) is 73.5 cm³/mol. The summed E-state index contributed by atoms with van der Waals surface area (Å²) >= 11 is 0. The van der Waals surface area contributed by atoms with Crippen LogP contribution in [0.15, 0.2) is 42.9 Å². The summed E-state index contributed by atoms with van der Waals surface area (Å²) in [5, 5.41) is 5.50. The van der Waals surface area contributed by atoms with Gasteiger partial charge in [-0.15, -0.1) is 0 Å². The molecule has 1 unspecified atom stereocenters. The van der Waals surface area contributed by atoms with Gasteiger partial charge in [0.15, 0.2) is 5.82 Å². The van der Waals surface area contributed by atoms with E-state index in [1.54, 1.807) is 17.2 Å². The van der Waals surface area contributed by atoms with Crippen molar-refractivity contribution >= 4 is 10.9 Å². The quantitative estimate of drug-likeness (QED) is 0.774. The third-order valence-electron chi connectivity index (χ3n) is 3.01. The number of para-hydroxylation sites is 1. The van der Waals surface area contributed by atoms with Gasteiger partial charge >= 0.3 is 0 Å². The van der Waals surface area contributed by atoms with Crippen molar-refractivity contribution in [1.29, 1.82) is 0 Å². The van der Waals surface area contributed by atoms with Gasteiger partial charge in [-0.2, -0.15) is 5.10 Å². The first kappa shape index (κ1) is 11.8. The van der Waals surface area contributed by atoms with Crippen LogP contribution in [-0.2, 0) is 6.54 Å². The van der Waals surface area contributed by atoms with E-state index in [4.69, 9.17) is 5.73 Å². The van der Waals surface area contributed by atoms with Gasteiger partial charge in [-0.3, -0.25) is 4.98 Å². The summed E-state index contributed by atoms with van der Waals surface area (Å²) in [5.41, 5.74) is 7.89. The first-order valence-corrected chi connectivity index (χ1v) is 6.21. The Morgan fingerprint density at radius 1 is 1.21 bits per heavy atom. The minimum Gasteiger partial charge on any atom is -0.321 e. The van der Waals surface area contributed by atoms with Gasteiger partial charge in [0.05, 0.1) is 18.1 Å². The largest absolute Gasteiger partial charge is 0.321 e. The van der Waals surface area contributed by atoms with Gasteiger partial charge in [0.25, 0.3) is 0 Å². The molecule has 0 amide bonds. The zero-order valence-electron chi connectivity index (χ0n) is 10.7. The van der Waals surface area contributed by atoms with Crippen LogP contribution < -0.4 is 5.73 Å². The van der Waals surface area contributed by atoms with E-state index < -0.39 is 0 Å². The van der Waals surface area contributed by atoms with Gasteiger partial charge in [0.1, 0.15) is 6.33 Å². The topological polar surface area (TPSA) is 69.6 Å². The Bertz CT molecular complexity index is 696. The highest BCUT2D eigenvalue weighted by molar-refractivity contribution is 5.81. The van der Waals surface area contributed by atoms with Crippen LogP contribution in [0.2, 0.25) is 0 Å². The number of hydrogen-bond acceptors (Lipinski definition) is 4. The standard InChI is InChI=1S/C14H15N5/c1-10(15)14-17-9-19(18-14)8-12-5-2-4-11-6-3-7-16-13(11)12/h2-7,9-10H,8,15H2,1H3. The molecule has 0 radical (unpaired) electrons. The molecule has 0 fully saturated rings. The summed E-state index contributed by atoms with van der Waals surface area (Å²) in [6.45, 7) is 2.52. The molecule has 2 aromatic heterocycles. The average molecular weight is 253 g/mol. The van der Waals surface area contributed by atoms with Crippen LogP contribution in [-0.4, -0.2) is 19.7 Å². The summed E-state index contributed by atoms with van der Waals surface area (Å²) < 4.78 is 1.79. The summed E-state index contributed by atoms with van der Waals surface area (Å²) in [7, 11) is 0. The number of aromatic nitrogens is 4. The van der Waals surface area contributed by atoms with Crippen LogP contribution in [0, 0.1) is 0 Å². The third-order valence-corrected chi connectivity index (χ3v) is 3.01. The molecule has 0 saturated carbocycles. The Hall–Kier alpha value is -2.27. The number of fused-ring (bicyclic) bond motifs is 1. The minimum absolute atomic E-state index is 0.146. The Balaban J connectivity index is 1.96. The molecular weight excluding hydrogens is 238 g/mol. The number of rotatable bonds is 3. The van der Waals surface area contributed by atoms with Crippen molar-refractivity contribution in [2.45, 2.75) is 19.5 Å². The average Bonchev–Trinajstić information content (AvgIpc) is 2.88. The molecule has 96 valence electrons. The Kier molecular flexibility index (Phi) is 2.97. The molecule has 5 heteroatoms. The molecule has 3 rings (SSSR count). The van der Waals surface area contributed by atoms with E-state index in [2.05, 4.69) is 33.3 Å². The van der Waals surface area contributed by atoms with Crippen molar-refractivity contribution in [2.75, 3.05) is 0 Å². The number of hydrogen-bond donors (Lipinski definition) is 1. The molecule has 2 heterocycles. The Morgan fingerprint density at radius 2 is 2.05 bits per heavy atom. The second-order valence-corrected chi connectivity index (χ2v) is 4.58. The summed E-state index contributed by atoms with van der Waals surface area (Å²) in [5.74, 6) is 0.660. The van der Waals surface area contributed by atoms with Crippen molar-refractivity contribution in [3.05, 3.63) is 54.2 Å². The highest BCUT2D eigenvalue weighted by atomic mass is 15.3. The maximum atomic E-state index is 5.76. The van der Waals surface area contributed by atoms with Crippen LogP contribution in [0.5, 0.6) is 0 Å². The number of benzene rings is 1. The van der Waals surface area contributed by atoms with Crippen molar-refractivity contribution in [1.82, 2.24) is 19.7 Å². The van der Waals surface area contributed by atoms with Gasteiger partial charge in [-0.25, -0.2) is 9.67 Å². The number of nitrogens with zero attached hydrogens (tertiary/aromatic N) is 4. The molecule has 0 spiro atoms. The molecule has 0 aliphatic heterocycles. The fourth-order valence-corrected chi connectivity index (χ4v) is 2.06. The molecule has 0 bridgehead atoms. The van der Waals surface area contributed by atoms with E-state index in [9.17, 15) is 0 Å². The minimum atomic E-state index is -0.146. The second-order valence-electron chi connectivity index (χ2n) is 4.58. The maximum absolute atomic E-state index is 5.76. The Morgan fingerprint density at radius 3 is 2.84 bits per heavy atom. The van der Waals surface area contributed by atoms with E-state index in [0.29, 0.717) is 12.4 Å². The molecule has 0 aliphatic rings. The van der Waals surface area contributed by atoms with E-state index >= 15 is 0 Å². The molecule has 1 atom stereocenters. The van der Waals surface area contributed by atoms with E-state index in [-0.39, 0.29) is 6.04 Å². The number of pyridine rings is 1. The van der Waals surface area contributed by atoms with Crippen molar-refractivity contribution < 1.29 is 0 Å². The van der Waals surface area contributed by atoms with E-state index in [1.165, 1.54) is 0 Å². The van der Waals surface area contributed by atoms with Gasteiger partial charge in [-0.05, 0) is 18.6 Å². The van der Waals surface area contributed by atoms with Crippen LogP contribution in [0.25, 0.3) is 10.9 Å². The van der Waals surface area contributed by atoms with E-state index in [0.717, 1.165) is 16.5 Å². The monoisotopic (exact) mass is 253 g/mol. The lowest BCUT2D eigenvalue weighted by Gasteiger charge is -2.05. The number of nitrogens with two attached hydrogens (primary N) is 1. The molecule has 0 saturated heterocycles. The first-order valence-electron chi connectivity index (χ1n) is 6.21. The van der Waals surface area contributed by atoms with Crippen LogP contribution in [0.3, 0.4) is 0 Å². The molecule has 2 N–H and O–H groups in total. The second kappa shape index (κ2) is 4.78. The van der Waals surface area contributed by atoms with Crippen molar-refractivity contribution in [2.24, 2.45) is 5.73 Å². The lowest BCUT2D eigenvalue weighted by atomic mass is 10.1. The smallest absolute Gasteiger partial charge is 0.166 e. The van der Waals surface area contributed by atoms with Crippen LogP contribution in [0.1, 0.15) is 24.4 Å². The normalized spacial score (nSPS) is 12.7. The maximum Gasteiger partial charge on any atom is 0.166 e. The van der Waals surface area contributed by atoms with Crippen LogP contribution >= 0.6 is 0 Å². The highest BCUT2D eigenvalue weighted by Crippen LogP contribution is 2.16. The highest BCUT2D eigenvalue weighted by Gasteiger charge is 2.07. The summed E-state index contributed by atoms with van der Waals surface area (Å²) in [4.78, 5) is 8.63. The molecule has 3 aromatic rings. The lowest BCUT2D eigenvalue weighted by Crippen LogP contribution is -2.09.